The first-order valence-corrected chi connectivity index (χ1v) is 17.6. The second-order valence-corrected chi connectivity index (χ2v) is 15.9. The van der Waals surface area contributed by atoms with Crippen LogP contribution in [0.2, 0.25) is 0 Å². The third-order valence-electron chi connectivity index (χ3n) is 13.9. The maximum Gasteiger partial charge on any atom is 0.260 e. The molecule has 0 spiro atoms. The number of allylic oxidation sites excluding steroid dienone is 2. The highest BCUT2D eigenvalue weighted by Crippen LogP contribution is 2.67. The standard InChI is InChI=1S/C39H55N3O3/c1-7-39(44)20-17-34-32-14-13-30-23-31(15-18-36(30,4)33(32)16-19-37(34,39)5)41-45-26-35(43)40-22-21-38(29-11-9-8-10-12-29)24-28(3)42(6)25-27(38)2/h1,8-12,23,27-28,32-34,44H,13-22,24-26H2,2-6H3,(H,40,43)/b41-31-/t27-,28-,32+,33+,34+,36-,37-,38-,39-/m0/s1. The number of carbonyl (C=O) groups is 1. The van der Waals surface area contributed by atoms with Gasteiger partial charge in [0.25, 0.3) is 5.91 Å². The second kappa shape index (κ2) is 12.2. The molecule has 0 bridgehead atoms. The molecule has 0 aromatic heterocycles. The number of fused-ring (bicyclic) bond motifs is 5. The number of aliphatic hydroxyl groups is 1. The van der Waals surface area contributed by atoms with Crippen LogP contribution >= 0.6 is 0 Å². The predicted molar refractivity (Wildman–Crippen MR) is 180 cm³/mol. The number of nitrogens with one attached hydrogen (secondary N) is 1. The molecule has 6 rings (SSSR count). The SMILES string of the molecule is C#C[C@]1(O)CC[C@@H]2[C@@H]3CCC4=C/C(=N\OCC(=O)NCC[C@]5(c6ccccc6)C[C@H](C)N(C)C[C@@H]5C)CC[C@]4(C)[C@@H]3CC[C@@]21C. The van der Waals surface area contributed by atoms with Crippen molar-refractivity contribution in [3.8, 4) is 12.3 Å². The van der Waals surface area contributed by atoms with Crippen LogP contribution in [0.4, 0.5) is 0 Å². The summed E-state index contributed by atoms with van der Waals surface area (Å²) in [6.45, 7) is 11.0. The topological polar surface area (TPSA) is 74.2 Å². The number of benzene rings is 1. The van der Waals surface area contributed by atoms with Crippen LogP contribution < -0.4 is 5.32 Å². The number of oxime groups is 1. The Kier molecular flexibility index (Phi) is 8.76. The highest BCUT2D eigenvalue weighted by atomic mass is 16.6. The van der Waals surface area contributed by atoms with Crippen molar-refractivity contribution in [1.29, 1.82) is 0 Å². The van der Waals surface area contributed by atoms with Gasteiger partial charge in [-0.25, -0.2) is 0 Å². The Hall–Kier alpha value is -2.62. The number of amides is 1. The lowest BCUT2D eigenvalue weighted by atomic mass is 9.46. The van der Waals surface area contributed by atoms with Crippen molar-refractivity contribution in [3.05, 3.63) is 47.5 Å². The van der Waals surface area contributed by atoms with Gasteiger partial charge in [0.1, 0.15) is 5.60 Å². The van der Waals surface area contributed by atoms with E-state index < -0.39 is 5.60 Å². The Bertz CT molecular complexity index is 1370. The maximum atomic E-state index is 12.8. The summed E-state index contributed by atoms with van der Waals surface area (Å²) in [5.41, 5.74) is 2.90. The van der Waals surface area contributed by atoms with Crippen LogP contribution in [0.25, 0.3) is 0 Å². The average Bonchev–Trinajstić information content (AvgIpc) is 3.31. The van der Waals surface area contributed by atoms with Gasteiger partial charge in [-0.15, -0.1) is 6.42 Å². The molecule has 0 unspecified atom stereocenters. The molecule has 45 heavy (non-hydrogen) atoms. The van der Waals surface area contributed by atoms with Crippen LogP contribution in [0.3, 0.4) is 0 Å². The highest BCUT2D eigenvalue weighted by Gasteiger charge is 2.63. The molecule has 1 amide bonds. The molecule has 244 valence electrons. The Balaban J connectivity index is 1.04. The molecule has 1 aromatic carbocycles. The van der Waals surface area contributed by atoms with Gasteiger partial charge in [-0.2, -0.15) is 0 Å². The molecule has 1 saturated heterocycles. The van der Waals surface area contributed by atoms with Gasteiger partial charge in [0.15, 0.2) is 6.61 Å². The molecule has 4 aliphatic carbocycles. The number of rotatable bonds is 7. The van der Waals surface area contributed by atoms with E-state index in [1.807, 2.05) is 0 Å². The number of hydrogen-bond acceptors (Lipinski definition) is 5. The van der Waals surface area contributed by atoms with Crippen LogP contribution in [0, 0.1) is 46.8 Å². The summed E-state index contributed by atoms with van der Waals surface area (Å²) in [4.78, 5) is 20.9. The summed E-state index contributed by atoms with van der Waals surface area (Å²) in [7, 11) is 2.21. The van der Waals surface area contributed by atoms with Gasteiger partial charge in [-0.3, -0.25) is 4.79 Å². The maximum absolute atomic E-state index is 12.8. The largest absolute Gasteiger partial charge is 0.385 e. The summed E-state index contributed by atoms with van der Waals surface area (Å²) >= 11 is 0. The Morgan fingerprint density at radius 2 is 1.87 bits per heavy atom. The van der Waals surface area contributed by atoms with Crippen molar-refractivity contribution in [1.82, 2.24) is 10.2 Å². The van der Waals surface area contributed by atoms with Crippen molar-refractivity contribution >= 4 is 11.6 Å². The van der Waals surface area contributed by atoms with E-state index in [9.17, 15) is 9.90 Å². The van der Waals surface area contributed by atoms with Crippen molar-refractivity contribution in [2.24, 2.45) is 39.7 Å². The normalized spacial score (nSPS) is 42.1. The summed E-state index contributed by atoms with van der Waals surface area (Å²) in [6.07, 6.45) is 18.2. The van der Waals surface area contributed by atoms with Crippen LogP contribution in [-0.2, 0) is 15.0 Å². The first kappa shape index (κ1) is 32.3. The molecule has 9 atom stereocenters. The van der Waals surface area contributed by atoms with Gasteiger partial charge in [0, 0.05) is 30.0 Å². The lowest BCUT2D eigenvalue weighted by Gasteiger charge is -2.58. The van der Waals surface area contributed by atoms with Gasteiger partial charge < -0.3 is 20.2 Å². The zero-order valence-corrected chi connectivity index (χ0v) is 28.3. The number of likely N-dealkylation sites (tertiary alicyclic amines) is 1. The predicted octanol–water partition coefficient (Wildman–Crippen LogP) is 6.49. The number of terminal acetylenes is 1. The van der Waals surface area contributed by atoms with E-state index in [4.69, 9.17) is 11.3 Å². The quantitative estimate of drug-likeness (QED) is 0.272. The molecule has 4 fully saturated rings. The van der Waals surface area contributed by atoms with E-state index in [0.29, 0.717) is 36.3 Å². The lowest BCUT2D eigenvalue weighted by Crippen LogP contribution is -2.54. The summed E-state index contributed by atoms with van der Waals surface area (Å²) in [5, 5.41) is 18.9. The Morgan fingerprint density at radius 3 is 2.62 bits per heavy atom. The number of hydrogen-bond donors (Lipinski definition) is 2. The van der Waals surface area contributed by atoms with E-state index in [-0.39, 0.29) is 28.8 Å². The van der Waals surface area contributed by atoms with Gasteiger partial charge in [0.2, 0.25) is 0 Å². The third kappa shape index (κ3) is 5.46. The molecule has 6 nitrogen and oxygen atoms in total. The molecule has 2 N–H and O–H groups in total. The fraction of sp³-hybridized carbons (Fsp3) is 0.692. The molecular weight excluding hydrogens is 558 g/mol. The Labute approximate surface area is 271 Å². The smallest absolute Gasteiger partial charge is 0.260 e. The van der Waals surface area contributed by atoms with Crippen LogP contribution in [0.15, 0.2) is 47.1 Å². The minimum absolute atomic E-state index is 0.0404. The lowest BCUT2D eigenvalue weighted by molar-refractivity contribution is -0.125. The van der Waals surface area contributed by atoms with Crippen molar-refractivity contribution < 1.29 is 14.7 Å². The molecule has 6 heteroatoms. The zero-order valence-electron chi connectivity index (χ0n) is 28.3. The molecule has 1 aliphatic heterocycles. The first-order valence-electron chi connectivity index (χ1n) is 17.6. The van der Waals surface area contributed by atoms with Crippen LogP contribution in [-0.4, -0.2) is 60.0 Å². The molecular formula is C39H55N3O3. The second-order valence-electron chi connectivity index (χ2n) is 15.9. The van der Waals surface area contributed by atoms with E-state index in [0.717, 1.165) is 76.5 Å². The van der Waals surface area contributed by atoms with Crippen molar-refractivity contribution in [2.45, 2.75) is 109 Å². The van der Waals surface area contributed by atoms with Crippen molar-refractivity contribution in [3.63, 3.8) is 0 Å². The van der Waals surface area contributed by atoms with E-state index >= 15 is 0 Å². The van der Waals surface area contributed by atoms with Gasteiger partial charge in [-0.1, -0.05) is 67.8 Å². The minimum Gasteiger partial charge on any atom is -0.385 e. The monoisotopic (exact) mass is 613 g/mol. The van der Waals surface area contributed by atoms with E-state index in [1.165, 1.54) is 11.1 Å². The summed E-state index contributed by atoms with van der Waals surface area (Å²) in [5.74, 6) is 4.92. The molecule has 0 radical (unpaired) electrons. The number of piperidine rings is 1. The van der Waals surface area contributed by atoms with Gasteiger partial charge in [-0.05, 0) is 119 Å². The first-order chi connectivity index (χ1) is 21.5. The summed E-state index contributed by atoms with van der Waals surface area (Å²) in [6, 6.07) is 11.3. The molecule has 3 saturated carbocycles. The van der Waals surface area contributed by atoms with E-state index in [1.54, 1.807) is 0 Å². The summed E-state index contributed by atoms with van der Waals surface area (Å²) < 4.78 is 0. The molecule has 1 heterocycles. The van der Waals surface area contributed by atoms with Crippen LogP contribution in [0.1, 0.15) is 97.5 Å². The zero-order chi connectivity index (χ0) is 32.0. The van der Waals surface area contributed by atoms with Crippen LogP contribution in [0.5, 0.6) is 0 Å². The fourth-order valence-electron chi connectivity index (χ4n) is 10.9. The highest BCUT2D eigenvalue weighted by molar-refractivity contribution is 5.96. The molecule has 5 aliphatic rings. The Morgan fingerprint density at radius 1 is 1.11 bits per heavy atom. The van der Waals surface area contributed by atoms with Gasteiger partial charge >= 0.3 is 0 Å². The van der Waals surface area contributed by atoms with Crippen molar-refractivity contribution in [2.75, 3.05) is 26.7 Å². The third-order valence-corrected chi connectivity index (χ3v) is 13.9. The number of nitrogens with zero attached hydrogens (tertiary/aromatic N) is 2. The minimum atomic E-state index is -0.955. The number of carbonyl (C=O) groups excluding carboxylic acids is 1. The van der Waals surface area contributed by atoms with E-state index in [2.05, 4.69) is 92.4 Å². The molecule has 1 aromatic rings. The van der Waals surface area contributed by atoms with Gasteiger partial charge in [0.05, 0.1) is 5.71 Å². The average molecular weight is 614 g/mol. The fourth-order valence-corrected chi connectivity index (χ4v) is 10.9.